The minimum atomic E-state index is -0.00214. The quantitative estimate of drug-likeness (QED) is 0.808. The number of hydrogen-bond acceptors (Lipinski definition) is 5. The van der Waals surface area contributed by atoms with Gasteiger partial charge in [0.05, 0.1) is 12.1 Å². The third-order valence-corrected chi connectivity index (χ3v) is 2.67. The fourth-order valence-electron chi connectivity index (χ4n) is 1.78. The molecule has 2 N–H and O–H groups in total. The molecule has 2 rings (SSSR count). The van der Waals surface area contributed by atoms with Crippen LogP contribution in [0.25, 0.3) is 0 Å². The molecule has 1 aliphatic heterocycles. The van der Waals surface area contributed by atoms with Crippen molar-refractivity contribution in [3.63, 3.8) is 0 Å². The van der Waals surface area contributed by atoms with Crippen molar-refractivity contribution in [2.24, 2.45) is 0 Å². The summed E-state index contributed by atoms with van der Waals surface area (Å²) in [6, 6.07) is 1.92. The lowest BCUT2D eigenvalue weighted by Gasteiger charge is -2.24. The molecule has 0 aliphatic carbocycles. The molecule has 1 aliphatic rings. The highest BCUT2D eigenvalue weighted by molar-refractivity contribution is 5.47. The van der Waals surface area contributed by atoms with Crippen LogP contribution >= 0.6 is 0 Å². The first-order chi connectivity index (χ1) is 7.72. The molecule has 1 fully saturated rings. The molecule has 0 bridgehead atoms. The van der Waals surface area contributed by atoms with E-state index < -0.39 is 0 Å². The highest BCUT2D eigenvalue weighted by Gasteiger charge is 2.29. The second-order valence-corrected chi connectivity index (χ2v) is 4.31. The van der Waals surface area contributed by atoms with E-state index in [9.17, 15) is 0 Å². The summed E-state index contributed by atoms with van der Waals surface area (Å²) in [5, 5.41) is 6.56. The summed E-state index contributed by atoms with van der Waals surface area (Å²) in [5.74, 6) is 1.70. The minimum absolute atomic E-state index is 0.00214. The average Bonchev–Trinajstić information content (AvgIpc) is 2.66. The van der Waals surface area contributed by atoms with Crippen molar-refractivity contribution in [2.45, 2.75) is 25.8 Å². The molecule has 0 spiro atoms. The van der Waals surface area contributed by atoms with E-state index >= 15 is 0 Å². The van der Waals surface area contributed by atoms with E-state index in [2.05, 4.69) is 27.5 Å². The predicted molar refractivity (Wildman–Crippen MR) is 63.7 cm³/mol. The lowest BCUT2D eigenvalue weighted by molar-refractivity contribution is 0.185. The summed E-state index contributed by atoms with van der Waals surface area (Å²) < 4.78 is 5.39. The second kappa shape index (κ2) is 4.65. The minimum Gasteiger partial charge on any atom is -0.379 e. The highest BCUT2D eigenvalue weighted by Crippen LogP contribution is 2.23. The molecule has 5 nitrogen and oxygen atoms in total. The van der Waals surface area contributed by atoms with Gasteiger partial charge in [-0.05, 0) is 20.3 Å². The van der Waals surface area contributed by atoms with Crippen LogP contribution in [0.3, 0.4) is 0 Å². The zero-order chi connectivity index (χ0) is 11.4. The van der Waals surface area contributed by atoms with Crippen molar-refractivity contribution in [3.05, 3.63) is 12.4 Å². The van der Waals surface area contributed by atoms with Gasteiger partial charge in [0.2, 0.25) is 0 Å². The van der Waals surface area contributed by atoms with Gasteiger partial charge in [-0.1, -0.05) is 0 Å². The molecule has 1 atom stereocenters. The summed E-state index contributed by atoms with van der Waals surface area (Å²) in [5.41, 5.74) is -0.00214. The lowest BCUT2D eigenvalue weighted by Crippen LogP contribution is -2.35. The zero-order valence-electron chi connectivity index (χ0n) is 9.79. The number of ether oxygens (including phenoxy) is 1. The molecule has 2 heterocycles. The Kier molecular flexibility index (Phi) is 3.24. The Morgan fingerprint density at radius 1 is 1.44 bits per heavy atom. The van der Waals surface area contributed by atoms with Gasteiger partial charge in [-0.25, -0.2) is 9.97 Å². The molecule has 1 aromatic heterocycles. The molecule has 0 amide bonds. The van der Waals surface area contributed by atoms with E-state index in [4.69, 9.17) is 4.74 Å². The van der Waals surface area contributed by atoms with E-state index in [0.717, 1.165) is 37.8 Å². The van der Waals surface area contributed by atoms with Gasteiger partial charge in [-0.3, -0.25) is 0 Å². The van der Waals surface area contributed by atoms with Gasteiger partial charge < -0.3 is 15.4 Å². The maximum absolute atomic E-state index is 5.39. The molecule has 0 aromatic carbocycles. The summed E-state index contributed by atoms with van der Waals surface area (Å²) in [7, 11) is 0. The SMILES string of the molecule is CCNc1cc(NC2(C)CCOC2)ncn1. The Bertz CT molecular complexity index is 350. The van der Waals surface area contributed by atoms with Crippen LogP contribution in [0.4, 0.5) is 11.6 Å². The first-order valence-corrected chi connectivity index (χ1v) is 5.64. The average molecular weight is 222 g/mol. The van der Waals surface area contributed by atoms with E-state index in [1.54, 1.807) is 6.33 Å². The fraction of sp³-hybridized carbons (Fsp3) is 0.636. The van der Waals surface area contributed by atoms with Gasteiger partial charge in [0.15, 0.2) is 0 Å². The number of nitrogens with one attached hydrogen (secondary N) is 2. The van der Waals surface area contributed by atoms with Crippen LogP contribution in [0.15, 0.2) is 12.4 Å². The zero-order valence-corrected chi connectivity index (χ0v) is 9.79. The predicted octanol–water partition coefficient (Wildman–Crippen LogP) is 1.50. The normalized spacial score (nSPS) is 24.4. The Hall–Kier alpha value is -1.36. The van der Waals surface area contributed by atoms with E-state index in [1.165, 1.54) is 0 Å². The Balaban J connectivity index is 2.05. The number of aromatic nitrogens is 2. The smallest absolute Gasteiger partial charge is 0.131 e. The first kappa shape index (κ1) is 11.1. The number of anilines is 2. The molecule has 0 saturated carbocycles. The van der Waals surface area contributed by atoms with Crippen LogP contribution in [0.2, 0.25) is 0 Å². The molecular formula is C11H18N4O. The fourth-order valence-corrected chi connectivity index (χ4v) is 1.78. The van der Waals surface area contributed by atoms with Gasteiger partial charge in [0, 0.05) is 19.2 Å². The molecule has 1 saturated heterocycles. The lowest BCUT2D eigenvalue weighted by atomic mass is 10.0. The molecule has 16 heavy (non-hydrogen) atoms. The summed E-state index contributed by atoms with van der Waals surface area (Å²) in [6.45, 7) is 6.59. The topological polar surface area (TPSA) is 59.1 Å². The molecule has 1 aromatic rings. The van der Waals surface area contributed by atoms with Crippen molar-refractivity contribution >= 4 is 11.6 Å². The van der Waals surface area contributed by atoms with Crippen molar-refractivity contribution in [1.29, 1.82) is 0 Å². The van der Waals surface area contributed by atoms with Crippen LogP contribution in [-0.4, -0.2) is 35.3 Å². The molecule has 88 valence electrons. The molecule has 1 unspecified atom stereocenters. The van der Waals surface area contributed by atoms with Crippen molar-refractivity contribution in [1.82, 2.24) is 9.97 Å². The Morgan fingerprint density at radius 2 is 2.25 bits per heavy atom. The third-order valence-electron chi connectivity index (χ3n) is 2.67. The first-order valence-electron chi connectivity index (χ1n) is 5.64. The van der Waals surface area contributed by atoms with Crippen LogP contribution in [-0.2, 0) is 4.74 Å². The van der Waals surface area contributed by atoms with Gasteiger partial charge in [-0.15, -0.1) is 0 Å². The highest BCUT2D eigenvalue weighted by atomic mass is 16.5. The Morgan fingerprint density at radius 3 is 2.94 bits per heavy atom. The van der Waals surface area contributed by atoms with Crippen LogP contribution in [0.5, 0.6) is 0 Å². The molecular weight excluding hydrogens is 204 g/mol. The van der Waals surface area contributed by atoms with E-state index in [-0.39, 0.29) is 5.54 Å². The second-order valence-electron chi connectivity index (χ2n) is 4.31. The maximum atomic E-state index is 5.39. The van der Waals surface area contributed by atoms with Crippen molar-refractivity contribution in [3.8, 4) is 0 Å². The van der Waals surface area contributed by atoms with Crippen LogP contribution in [0, 0.1) is 0 Å². The van der Waals surface area contributed by atoms with Gasteiger partial charge >= 0.3 is 0 Å². The molecule has 5 heteroatoms. The summed E-state index contributed by atoms with van der Waals surface area (Å²) in [4.78, 5) is 8.35. The van der Waals surface area contributed by atoms with E-state index in [1.807, 2.05) is 13.0 Å². The van der Waals surface area contributed by atoms with Crippen LogP contribution < -0.4 is 10.6 Å². The van der Waals surface area contributed by atoms with Gasteiger partial charge in [-0.2, -0.15) is 0 Å². The van der Waals surface area contributed by atoms with E-state index in [0.29, 0.717) is 0 Å². The van der Waals surface area contributed by atoms with Crippen molar-refractivity contribution < 1.29 is 4.74 Å². The summed E-state index contributed by atoms with van der Waals surface area (Å²) >= 11 is 0. The Labute approximate surface area is 95.6 Å². The standard InChI is InChI=1S/C11H18N4O/c1-3-12-9-6-10(14-8-13-9)15-11(2)4-5-16-7-11/h6,8H,3-5,7H2,1-2H3,(H2,12,13,14,15). The number of rotatable bonds is 4. The number of hydrogen-bond donors (Lipinski definition) is 2. The van der Waals surface area contributed by atoms with Gasteiger partial charge in [0.25, 0.3) is 0 Å². The largest absolute Gasteiger partial charge is 0.379 e. The number of nitrogens with zero attached hydrogens (tertiary/aromatic N) is 2. The third kappa shape index (κ3) is 2.61. The monoisotopic (exact) mass is 222 g/mol. The van der Waals surface area contributed by atoms with Gasteiger partial charge in [0.1, 0.15) is 18.0 Å². The van der Waals surface area contributed by atoms with Crippen LogP contribution in [0.1, 0.15) is 20.3 Å². The summed E-state index contributed by atoms with van der Waals surface area (Å²) in [6.07, 6.45) is 2.58. The van der Waals surface area contributed by atoms with Crippen molar-refractivity contribution in [2.75, 3.05) is 30.4 Å². The molecule has 0 radical (unpaired) electrons. The maximum Gasteiger partial charge on any atom is 0.131 e.